The largest absolute Gasteiger partial charge is 0.315 e. The molecule has 1 saturated heterocycles. The normalized spacial score (nSPS) is 19.2. The van der Waals surface area contributed by atoms with Gasteiger partial charge in [-0.15, -0.1) is 0 Å². The van der Waals surface area contributed by atoms with Crippen LogP contribution in [0.1, 0.15) is 26.2 Å². The fourth-order valence-electron chi connectivity index (χ4n) is 2.15. The van der Waals surface area contributed by atoms with Gasteiger partial charge in [0.05, 0.1) is 6.26 Å². The summed E-state index contributed by atoms with van der Waals surface area (Å²) in [6.07, 6.45) is 5.09. The molecule has 1 heterocycles. The van der Waals surface area contributed by atoms with Crippen LogP contribution in [0.4, 0.5) is 0 Å². The third kappa shape index (κ3) is 6.13. The summed E-state index contributed by atoms with van der Waals surface area (Å²) in [5.41, 5.74) is 0. The van der Waals surface area contributed by atoms with Gasteiger partial charge in [0.25, 0.3) is 0 Å². The molecule has 0 spiro atoms. The van der Waals surface area contributed by atoms with Gasteiger partial charge in [-0.1, -0.05) is 19.8 Å². The van der Waals surface area contributed by atoms with Crippen LogP contribution in [-0.4, -0.2) is 69.7 Å². The lowest BCUT2D eigenvalue weighted by atomic mass is 10.2. The predicted molar refractivity (Wildman–Crippen MR) is 75.3 cm³/mol. The second-order valence-corrected chi connectivity index (χ2v) is 6.94. The zero-order chi connectivity index (χ0) is 13.4. The van der Waals surface area contributed by atoms with Gasteiger partial charge < -0.3 is 5.32 Å². The van der Waals surface area contributed by atoms with Gasteiger partial charge in [-0.2, -0.15) is 4.31 Å². The Morgan fingerprint density at radius 3 is 2.28 bits per heavy atom. The van der Waals surface area contributed by atoms with E-state index in [1.165, 1.54) is 25.5 Å². The number of nitrogens with one attached hydrogen (secondary N) is 1. The van der Waals surface area contributed by atoms with E-state index in [1.54, 1.807) is 4.31 Å². The Labute approximate surface area is 112 Å². The van der Waals surface area contributed by atoms with Crippen molar-refractivity contribution in [3.63, 3.8) is 0 Å². The fourth-order valence-corrected chi connectivity index (χ4v) is 2.97. The Morgan fingerprint density at radius 2 is 1.72 bits per heavy atom. The molecule has 108 valence electrons. The summed E-state index contributed by atoms with van der Waals surface area (Å²) < 4.78 is 24.3. The first kappa shape index (κ1) is 15.9. The van der Waals surface area contributed by atoms with E-state index in [-0.39, 0.29) is 0 Å². The lowest BCUT2D eigenvalue weighted by Gasteiger charge is -2.33. The fraction of sp³-hybridized carbons (Fsp3) is 1.00. The number of piperazine rings is 1. The van der Waals surface area contributed by atoms with Crippen LogP contribution in [0.5, 0.6) is 0 Å². The minimum Gasteiger partial charge on any atom is -0.315 e. The summed E-state index contributed by atoms with van der Waals surface area (Å²) in [5.74, 6) is 0. The smallest absolute Gasteiger partial charge is 0.211 e. The maximum Gasteiger partial charge on any atom is 0.211 e. The summed E-state index contributed by atoms with van der Waals surface area (Å²) >= 11 is 0. The Morgan fingerprint density at radius 1 is 1.06 bits per heavy atom. The van der Waals surface area contributed by atoms with Gasteiger partial charge in [-0.25, -0.2) is 8.42 Å². The molecule has 0 aliphatic carbocycles. The average molecular weight is 277 g/mol. The van der Waals surface area contributed by atoms with Gasteiger partial charge >= 0.3 is 0 Å². The summed E-state index contributed by atoms with van der Waals surface area (Å²) in [6.45, 7) is 8.29. The van der Waals surface area contributed by atoms with E-state index in [0.717, 1.165) is 32.7 Å². The highest BCUT2D eigenvalue weighted by molar-refractivity contribution is 7.88. The van der Waals surface area contributed by atoms with Crippen molar-refractivity contribution in [2.45, 2.75) is 26.2 Å². The van der Waals surface area contributed by atoms with Gasteiger partial charge in [0.15, 0.2) is 0 Å². The third-order valence-corrected chi connectivity index (χ3v) is 4.67. The lowest BCUT2D eigenvalue weighted by molar-refractivity contribution is 0.189. The molecule has 6 heteroatoms. The van der Waals surface area contributed by atoms with Crippen LogP contribution in [0.25, 0.3) is 0 Å². The number of unbranched alkanes of at least 4 members (excludes halogenated alkanes) is 2. The summed E-state index contributed by atoms with van der Waals surface area (Å²) in [5, 5.41) is 3.44. The molecule has 5 nitrogen and oxygen atoms in total. The van der Waals surface area contributed by atoms with E-state index in [0.29, 0.717) is 13.1 Å². The van der Waals surface area contributed by atoms with Crippen molar-refractivity contribution in [3.05, 3.63) is 0 Å². The molecule has 1 aliphatic heterocycles. The van der Waals surface area contributed by atoms with Crippen LogP contribution >= 0.6 is 0 Å². The maximum absolute atomic E-state index is 11.3. The van der Waals surface area contributed by atoms with E-state index in [9.17, 15) is 8.42 Å². The third-order valence-electron chi connectivity index (χ3n) is 3.36. The molecule has 0 saturated carbocycles. The highest BCUT2D eigenvalue weighted by Crippen LogP contribution is 2.05. The minimum atomic E-state index is -2.99. The van der Waals surface area contributed by atoms with Crippen LogP contribution in [0.3, 0.4) is 0 Å². The highest BCUT2D eigenvalue weighted by atomic mass is 32.2. The van der Waals surface area contributed by atoms with Gasteiger partial charge in [-0.05, 0) is 13.0 Å². The lowest BCUT2D eigenvalue weighted by Crippen LogP contribution is -2.49. The minimum absolute atomic E-state index is 0.634. The van der Waals surface area contributed by atoms with Gasteiger partial charge in [-0.3, -0.25) is 4.90 Å². The molecule has 1 fully saturated rings. The molecule has 0 radical (unpaired) electrons. The first-order chi connectivity index (χ1) is 8.54. The van der Waals surface area contributed by atoms with Crippen LogP contribution in [0.2, 0.25) is 0 Å². The van der Waals surface area contributed by atoms with Gasteiger partial charge in [0, 0.05) is 39.3 Å². The van der Waals surface area contributed by atoms with Crippen molar-refractivity contribution in [3.8, 4) is 0 Å². The van der Waals surface area contributed by atoms with Crippen molar-refractivity contribution in [1.82, 2.24) is 14.5 Å². The van der Waals surface area contributed by atoms with Crippen LogP contribution in [0, 0.1) is 0 Å². The van der Waals surface area contributed by atoms with E-state index < -0.39 is 10.0 Å². The molecular weight excluding hydrogens is 250 g/mol. The Kier molecular flexibility index (Phi) is 7.14. The number of nitrogens with zero attached hydrogens (tertiary/aromatic N) is 2. The molecular formula is C12H27N3O2S. The monoisotopic (exact) mass is 277 g/mol. The van der Waals surface area contributed by atoms with Crippen molar-refractivity contribution in [2.75, 3.05) is 52.1 Å². The van der Waals surface area contributed by atoms with E-state index in [2.05, 4.69) is 17.1 Å². The van der Waals surface area contributed by atoms with E-state index >= 15 is 0 Å². The van der Waals surface area contributed by atoms with Crippen molar-refractivity contribution in [1.29, 1.82) is 0 Å². The number of rotatable bonds is 8. The molecule has 1 aliphatic rings. The molecule has 0 aromatic rings. The second-order valence-electron chi connectivity index (χ2n) is 4.96. The van der Waals surface area contributed by atoms with Crippen LogP contribution in [-0.2, 0) is 10.0 Å². The Bertz CT molecular complexity index is 311. The van der Waals surface area contributed by atoms with Gasteiger partial charge in [0.2, 0.25) is 10.0 Å². The second kappa shape index (κ2) is 8.09. The predicted octanol–water partition coefficient (Wildman–Crippen LogP) is 0.343. The molecule has 0 bridgehead atoms. The summed E-state index contributed by atoms with van der Waals surface area (Å²) in [6, 6.07) is 0. The van der Waals surface area contributed by atoms with Crippen LogP contribution < -0.4 is 5.32 Å². The zero-order valence-corrected chi connectivity index (χ0v) is 12.5. The maximum atomic E-state index is 11.3. The quantitative estimate of drug-likeness (QED) is 0.650. The highest BCUT2D eigenvalue weighted by Gasteiger charge is 2.22. The Balaban J connectivity index is 2.06. The number of hydrogen-bond acceptors (Lipinski definition) is 4. The molecule has 0 amide bonds. The molecule has 0 unspecified atom stereocenters. The Hall–Kier alpha value is -0.170. The number of hydrogen-bond donors (Lipinski definition) is 1. The molecule has 1 N–H and O–H groups in total. The average Bonchev–Trinajstić information content (AvgIpc) is 2.33. The molecule has 1 rings (SSSR count). The van der Waals surface area contributed by atoms with E-state index in [1.807, 2.05) is 0 Å². The SMILES string of the molecule is CCCCCNCCN1CCN(S(C)(=O)=O)CC1. The first-order valence-electron chi connectivity index (χ1n) is 6.92. The molecule has 0 aromatic carbocycles. The first-order valence-corrected chi connectivity index (χ1v) is 8.77. The zero-order valence-electron chi connectivity index (χ0n) is 11.7. The topological polar surface area (TPSA) is 52.6 Å². The van der Waals surface area contributed by atoms with Crippen molar-refractivity contribution in [2.24, 2.45) is 0 Å². The standard InChI is InChI=1S/C12H27N3O2S/c1-3-4-5-6-13-7-8-14-9-11-15(12-10-14)18(2,16)17/h13H,3-12H2,1-2H3. The number of sulfonamides is 1. The van der Waals surface area contributed by atoms with E-state index in [4.69, 9.17) is 0 Å². The summed E-state index contributed by atoms with van der Waals surface area (Å²) in [7, 11) is -2.99. The van der Waals surface area contributed by atoms with Crippen molar-refractivity contribution >= 4 is 10.0 Å². The van der Waals surface area contributed by atoms with Gasteiger partial charge in [0.1, 0.15) is 0 Å². The van der Waals surface area contributed by atoms with Crippen LogP contribution in [0.15, 0.2) is 0 Å². The molecule has 0 aromatic heterocycles. The van der Waals surface area contributed by atoms with Crippen molar-refractivity contribution < 1.29 is 8.42 Å². The molecule has 0 atom stereocenters. The summed E-state index contributed by atoms with van der Waals surface area (Å²) in [4.78, 5) is 2.33. The molecule has 18 heavy (non-hydrogen) atoms.